The van der Waals surface area contributed by atoms with Crippen LogP contribution in [0, 0.1) is 5.82 Å². The van der Waals surface area contributed by atoms with Crippen LogP contribution in [-0.2, 0) is 6.42 Å². The van der Waals surface area contributed by atoms with Crippen molar-refractivity contribution in [2.24, 2.45) is 5.73 Å². The van der Waals surface area contributed by atoms with Gasteiger partial charge in [0.1, 0.15) is 5.82 Å². The predicted molar refractivity (Wildman–Crippen MR) is 80.2 cm³/mol. The van der Waals surface area contributed by atoms with Crippen molar-refractivity contribution in [2.75, 3.05) is 38.6 Å². The summed E-state index contributed by atoms with van der Waals surface area (Å²) in [4.78, 5) is 4.37. The van der Waals surface area contributed by atoms with Crippen LogP contribution in [0.5, 0.6) is 0 Å². The second-order valence-electron chi connectivity index (χ2n) is 5.25. The molecule has 0 aliphatic rings. The lowest BCUT2D eigenvalue weighted by Gasteiger charge is -2.32. The van der Waals surface area contributed by atoms with Gasteiger partial charge in [-0.05, 0) is 64.7 Å². The summed E-state index contributed by atoms with van der Waals surface area (Å²) in [5.74, 6) is -0.184. The first-order chi connectivity index (χ1) is 8.97. The van der Waals surface area contributed by atoms with E-state index in [0.29, 0.717) is 19.0 Å². The molecule has 0 spiro atoms. The lowest BCUT2D eigenvalue weighted by Crippen LogP contribution is -2.40. The van der Waals surface area contributed by atoms with Gasteiger partial charge in [-0.15, -0.1) is 0 Å². The van der Waals surface area contributed by atoms with Crippen LogP contribution in [-0.4, -0.2) is 44.7 Å². The van der Waals surface area contributed by atoms with Crippen LogP contribution >= 0.6 is 0 Å². The summed E-state index contributed by atoms with van der Waals surface area (Å²) < 4.78 is 13.7. The molecule has 1 aromatic rings. The van der Waals surface area contributed by atoms with Crippen molar-refractivity contribution < 1.29 is 4.39 Å². The Labute approximate surface area is 116 Å². The second-order valence-corrected chi connectivity index (χ2v) is 5.25. The van der Waals surface area contributed by atoms with Gasteiger partial charge >= 0.3 is 0 Å². The Hall–Kier alpha value is -1.13. The van der Waals surface area contributed by atoms with Gasteiger partial charge in [-0.2, -0.15) is 0 Å². The van der Waals surface area contributed by atoms with E-state index in [-0.39, 0.29) is 5.82 Å². The first-order valence-electron chi connectivity index (χ1n) is 6.88. The fraction of sp³-hybridized carbons (Fsp3) is 0.600. The number of hydrogen-bond donors (Lipinski definition) is 1. The van der Waals surface area contributed by atoms with Crippen molar-refractivity contribution in [3.8, 4) is 0 Å². The maximum atomic E-state index is 13.7. The van der Waals surface area contributed by atoms with Crippen LogP contribution in [0.4, 0.5) is 10.1 Å². The van der Waals surface area contributed by atoms with Gasteiger partial charge in [-0.25, -0.2) is 4.39 Å². The Balaban J connectivity index is 2.96. The fourth-order valence-corrected chi connectivity index (χ4v) is 2.49. The van der Waals surface area contributed by atoms with Gasteiger partial charge < -0.3 is 15.5 Å². The Morgan fingerprint density at radius 3 is 2.47 bits per heavy atom. The molecule has 0 bridgehead atoms. The lowest BCUT2D eigenvalue weighted by atomic mass is 10.1. The number of rotatable bonds is 7. The molecule has 1 unspecified atom stereocenters. The van der Waals surface area contributed by atoms with Crippen LogP contribution < -0.4 is 10.6 Å². The van der Waals surface area contributed by atoms with E-state index in [1.807, 2.05) is 6.07 Å². The zero-order chi connectivity index (χ0) is 14.4. The molecule has 0 saturated heterocycles. The number of nitrogens with zero attached hydrogens (tertiary/aromatic N) is 2. The maximum absolute atomic E-state index is 13.7. The van der Waals surface area contributed by atoms with Crippen molar-refractivity contribution >= 4 is 5.69 Å². The topological polar surface area (TPSA) is 32.5 Å². The molecule has 19 heavy (non-hydrogen) atoms. The van der Waals surface area contributed by atoms with Crippen LogP contribution in [0.3, 0.4) is 0 Å². The van der Waals surface area contributed by atoms with Gasteiger partial charge in [-0.3, -0.25) is 0 Å². The Bertz CT molecular complexity index is 393. The van der Waals surface area contributed by atoms with Crippen LogP contribution in [0.2, 0.25) is 0 Å². The molecule has 0 heterocycles. The molecule has 1 aromatic carbocycles. The van der Waals surface area contributed by atoms with E-state index in [9.17, 15) is 4.39 Å². The lowest BCUT2D eigenvalue weighted by molar-refractivity contribution is 0.373. The van der Waals surface area contributed by atoms with E-state index in [1.165, 1.54) is 0 Å². The highest BCUT2D eigenvalue weighted by atomic mass is 19.1. The molecular formula is C15H26FN3. The molecule has 0 amide bonds. The summed E-state index contributed by atoms with van der Waals surface area (Å²) in [6.45, 7) is 6.61. The summed E-state index contributed by atoms with van der Waals surface area (Å²) in [5, 5.41) is 0. The number of hydrogen-bond acceptors (Lipinski definition) is 3. The third-order valence-corrected chi connectivity index (χ3v) is 3.21. The van der Waals surface area contributed by atoms with Crippen molar-refractivity contribution in [2.45, 2.75) is 26.3 Å². The van der Waals surface area contributed by atoms with Crippen LogP contribution in [0.15, 0.2) is 18.2 Å². The van der Waals surface area contributed by atoms with E-state index < -0.39 is 0 Å². The molecule has 0 aliphatic heterocycles. The normalized spacial score (nSPS) is 12.8. The van der Waals surface area contributed by atoms with E-state index >= 15 is 0 Å². The minimum absolute atomic E-state index is 0.184. The van der Waals surface area contributed by atoms with Gasteiger partial charge in [0.05, 0.1) is 0 Å². The van der Waals surface area contributed by atoms with Crippen LogP contribution in [0.1, 0.15) is 19.4 Å². The van der Waals surface area contributed by atoms with Gasteiger partial charge in [0.2, 0.25) is 0 Å². The van der Waals surface area contributed by atoms with Crippen molar-refractivity contribution in [1.29, 1.82) is 0 Å². The Morgan fingerprint density at radius 2 is 1.95 bits per heavy atom. The first-order valence-corrected chi connectivity index (χ1v) is 6.88. The highest BCUT2D eigenvalue weighted by molar-refractivity contribution is 5.50. The first kappa shape index (κ1) is 15.9. The third-order valence-electron chi connectivity index (χ3n) is 3.21. The smallest absolute Gasteiger partial charge is 0.125 e. The summed E-state index contributed by atoms with van der Waals surface area (Å²) in [5.41, 5.74) is 7.46. The number of halogens is 1. The van der Waals surface area contributed by atoms with E-state index in [1.54, 1.807) is 12.1 Å². The summed E-state index contributed by atoms with van der Waals surface area (Å²) >= 11 is 0. The highest BCUT2D eigenvalue weighted by Crippen LogP contribution is 2.21. The standard InChI is InChI=1S/C15H26FN3/c1-5-19(12(2)11-18(3)4)15-9-13(6-7-17)8-14(16)10-15/h8-10,12H,5-7,11,17H2,1-4H3. The van der Waals surface area contributed by atoms with Gasteiger partial charge in [0.25, 0.3) is 0 Å². The second kappa shape index (κ2) is 7.46. The number of benzene rings is 1. The van der Waals surface area contributed by atoms with Gasteiger partial charge in [-0.1, -0.05) is 0 Å². The Morgan fingerprint density at radius 1 is 1.26 bits per heavy atom. The van der Waals surface area contributed by atoms with Crippen molar-refractivity contribution in [3.63, 3.8) is 0 Å². The molecule has 2 N–H and O–H groups in total. The maximum Gasteiger partial charge on any atom is 0.125 e. The number of likely N-dealkylation sites (N-methyl/N-ethyl adjacent to an activating group) is 2. The van der Waals surface area contributed by atoms with Gasteiger partial charge in [0.15, 0.2) is 0 Å². The molecule has 3 nitrogen and oxygen atoms in total. The quantitative estimate of drug-likeness (QED) is 0.821. The molecule has 0 aliphatic carbocycles. The number of anilines is 1. The SMILES string of the molecule is CCN(c1cc(F)cc(CCN)c1)C(C)CN(C)C. The minimum atomic E-state index is -0.184. The Kier molecular flexibility index (Phi) is 6.25. The summed E-state index contributed by atoms with van der Waals surface area (Å²) in [7, 11) is 4.10. The highest BCUT2D eigenvalue weighted by Gasteiger charge is 2.15. The minimum Gasteiger partial charge on any atom is -0.368 e. The monoisotopic (exact) mass is 267 g/mol. The predicted octanol–water partition coefficient (Wildman–Crippen LogP) is 2.10. The molecule has 4 heteroatoms. The summed E-state index contributed by atoms with van der Waals surface area (Å²) in [6.07, 6.45) is 0.713. The van der Waals surface area contributed by atoms with Crippen LogP contribution in [0.25, 0.3) is 0 Å². The zero-order valence-electron chi connectivity index (χ0n) is 12.5. The molecule has 108 valence electrons. The van der Waals surface area contributed by atoms with E-state index in [0.717, 1.165) is 24.3 Å². The largest absolute Gasteiger partial charge is 0.368 e. The molecule has 1 rings (SSSR count). The van der Waals surface area contributed by atoms with E-state index in [4.69, 9.17) is 5.73 Å². The molecule has 0 radical (unpaired) electrons. The summed E-state index contributed by atoms with van der Waals surface area (Å²) in [6, 6.07) is 5.56. The van der Waals surface area contributed by atoms with Crippen molar-refractivity contribution in [1.82, 2.24) is 4.90 Å². The fourth-order valence-electron chi connectivity index (χ4n) is 2.49. The average molecular weight is 267 g/mol. The molecule has 0 fully saturated rings. The average Bonchev–Trinajstić information content (AvgIpc) is 2.28. The van der Waals surface area contributed by atoms with Gasteiger partial charge in [0, 0.05) is 24.8 Å². The number of nitrogens with two attached hydrogens (primary N) is 1. The molecule has 1 atom stereocenters. The van der Waals surface area contributed by atoms with Crippen molar-refractivity contribution in [3.05, 3.63) is 29.6 Å². The molecule has 0 saturated carbocycles. The molecule has 0 aromatic heterocycles. The van der Waals surface area contributed by atoms with E-state index in [2.05, 4.69) is 37.7 Å². The molecular weight excluding hydrogens is 241 g/mol. The third kappa shape index (κ3) is 4.80. The zero-order valence-corrected chi connectivity index (χ0v) is 12.5.